The molecule has 0 saturated carbocycles. The standard InChI is InChI=1S/C17H36O3Si/c1-5-9-10-11-12-13-14-15-16(18-6-2)17(21,19-7-3)20-8-4/h5,16H,1,6-15H2,2-4,21H3. The van der Waals surface area contributed by atoms with Crippen molar-refractivity contribution in [2.75, 3.05) is 19.8 Å². The van der Waals surface area contributed by atoms with Crippen molar-refractivity contribution in [3.05, 3.63) is 12.7 Å². The zero-order valence-electron chi connectivity index (χ0n) is 14.7. The van der Waals surface area contributed by atoms with Crippen LogP contribution in [0.2, 0.25) is 0 Å². The van der Waals surface area contributed by atoms with E-state index in [4.69, 9.17) is 14.2 Å². The van der Waals surface area contributed by atoms with Gasteiger partial charge in [0.05, 0.1) is 10.2 Å². The fraction of sp³-hybridized carbons (Fsp3) is 0.882. The first-order valence-corrected chi connectivity index (χ1v) is 9.64. The van der Waals surface area contributed by atoms with Crippen molar-refractivity contribution in [3.8, 4) is 0 Å². The Kier molecular flexibility index (Phi) is 13.4. The number of allylic oxidation sites excluding steroid dienone is 1. The third-order valence-electron chi connectivity index (χ3n) is 3.69. The first-order valence-electron chi connectivity index (χ1n) is 8.64. The lowest BCUT2D eigenvalue weighted by molar-refractivity contribution is -0.237. The summed E-state index contributed by atoms with van der Waals surface area (Å²) in [7, 11) is 0.825. The fourth-order valence-electron chi connectivity index (χ4n) is 2.65. The molecule has 0 aliphatic heterocycles. The van der Waals surface area contributed by atoms with Crippen LogP contribution in [0.4, 0.5) is 0 Å². The molecule has 0 bridgehead atoms. The molecule has 4 heteroatoms. The van der Waals surface area contributed by atoms with E-state index in [1.54, 1.807) is 0 Å². The summed E-state index contributed by atoms with van der Waals surface area (Å²) in [5, 5.41) is 0. The largest absolute Gasteiger partial charge is 0.373 e. The molecule has 3 nitrogen and oxygen atoms in total. The van der Waals surface area contributed by atoms with Crippen LogP contribution in [-0.2, 0) is 14.2 Å². The highest BCUT2D eigenvalue weighted by Gasteiger charge is 2.35. The first-order chi connectivity index (χ1) is 10.1. The summed E-state index contributed by atoms with van der Waals surface area (Å²) in [5.41, 5.74) is -0.484. The van der Waals surface area contributed by atoms with Gasteiger partial charge in [0.15, 0.2) is 5.41 Å². The molecule has 0 saturated heterocycles. The van der Waals surface area contributed by atoms with Gasteiger partial charge < -0.3 is 14.2 Å². The topological polar surface area (TPSA) is 27.7 Å². The van der Waals surface area contributed by atoms with Crippen molar-refractivity contribution in [1.29, 1.82) is 0 Å². The van der Waals surface area contributed by atoms with E-state index < -0.39 is 5.41 Å². The molecule has 0 fully saturated rings. The van der Waals surface area contributed by atoms with E-state index in [0.717, 1.165) is 23.1 Å². The molecule has 0 aliphatic rings. The summed E-state index contributed by atoms with van der Waals surface area (Å²) >= 11 is 0. The molecule has 0 aromatic rings. The van der Waals surface area contributed by atoms with E-state index in [1.165, 1.54) is 32.1 Å². The summed E-state index contributed by atoms with van der Waals surface area (Å²) in [4.78, 5) is 0. The van der Waals surface area contributed by atoms with Gasteiger partial charge in [-0.3, -0.25) is 0 Å². The third kappa shape index (κ3) is 9.45. The van der Waals surface area contributed by atoms with Crippen LogP contribution in [0.25, 0.3) is 0 Å². The van der Waals surface area contributed by atoms with Crippen LogP contribution >= 0.6 is 0 Å². The molecule has 0 spiro atoms. The second kappa shape index (κ2) is 13.5. The van der Waals surface area contributed by atoms with E-state index in [1.807, 2.05) is 26.8 Å². The van der Waals surface area contributed by atoms with Crippen molar-refractivity contribution >= 4 is 10.2 Å². The molecule has 0 N–H and O–H groups in total. The van der Waals surface area contributed by atoms with Gasteiger partial charge in [-0.1, -0.05) is 31.8 Å². The van der Waals surface area contributed by atoms with E-state index >= 15 is 0 Å². The maximum absolute atomic E-state index is 5.93. The molecule has 21 heavy (non-hydrogen) atoms. The van der Waals surface area contributed by atoms with Crippen LogP contribution in [0.3, 0.4) is 0 Å². The monoisotopic (exact) mass is 316 g/mol. The quantitative estimate of drug-likeness (QED) is 0.201. The Balaban J connectivity index is 4.16. The molecule has 0 aromatic carbocycles. The summed E-state index contributed by atoms with van der Waals surface area (Å²) in [6.45, 7) is 11.9. The minimum atomic E-state index is -0.484. The lowest BCUT2D eigenvalue weighted by Gasteiger charge is -2.37. The van der Waals surface area contributed by atoms with Crippen molar-refractivity contribution in [2.24, 2.45) is 0 Å². The molecule has 0 rings (SSSR count). The Bertz CT molecular complexity index is 240. The number of ether oxygens (including phenoxy) is 3. The van der Waals surface area contributed by atoms with Gasteiger partial charge in [0.25, 0.3) is 0 Å². The van der Waals surface area contributed by atoms with E-state index in [-0.39, 0.29) is 6.10 Å². The highest BCUT2D eigenvalue weighted by molar-refractivity contribution is 6.13. The number of rotatable bonds is 15. The van der Waals surface area contributed by atoms with Gasteiger partial charge in [0, 0.05) is 19.8 Å². The van der Waals surface area contributed by atoms with Crippen molar-refractivity contribution in [1.82, 2.24) is 0 Å². The van der Waals surface area contributed by atoms with E-state index in [0.29, 0.717) is 19.8 Å². The molecule has 0 aromatic heterocycles. The van der Waals surface area contributed by atoms with Gasteiger partial charge in [-0.2, -0.15) is 0 Å². The van der Waals surface area contributed by atoms with Gasteiger partial charge in [0.1, 0.15) is 6.10 Å². The Labute approximate surface area is 134 Å². The van der Waals surface area contributed by atoms with Crippen LogP contribution < -0.4 is 0 Å². The summed E-state index contributed by atoms with van der Waals surface area (Å²) in [5.74, 6) is 0. The SMILES string of the molecule is C=CCCCCCCCC(OCC)C([SiH3])(OCC)OCC. The second-order valence-electron chi connectivity index (χ2n) is 5.46. The number of hydrogen-bond donors (Lipinski definition) is 0. The number of unbranched alkanes of at least 4 members (excludes halogenated alkanes) is 5. The van der Waals surface area contributed by atoms with Crippen LogP contribution in [0.5, 0.6) is 0 Å². The van der Waals surface area contributed by atoms with E-state index in [9.17, 15) is 0 Å². The van der Waals surface area contributed by atoms with Crippen LogP contribution in [0, 0.1) is 0 Å². The minimum absolute atomic E-state index is 0.0715. The Morgan fingerprint density at radius 2 is 1.52 bits per heavy atom. The third-order valence-corrected chi connectivity index (χ3v) is 4.91. The molecule has 0 amide bonds. The predicted octanol–water partition coefficient (Wildman–Crippen LogP) is 3.40. The zero-order chi connectivity index (χ0) is 16.0. The van der Waals surface area contributed by atoms with Crippen molar-refractivity contribution < 1.29 is 14.2 Å². The second-order valence-corrected chi connectivity index (χ2v) is 6.85. The highest BCUT2D eigenvalue weighted by Crippen LogP contribution is 2.23. The summed E-state index contributed by atoms with van der Waals surface area (Å²) in [6, 6.07) is 0. The normalized spacial score (nSPS) is 13.5. The lowest BCUT2D eigenvalue weighted by atomic mass is 10.1. The van der Waals surface area contributed by atoms with Crippen LogP contribution in [0.1, 0.15) is 65.7 Å². The lowest BCUT2D eigenvalue weighted by Crippen LogP contribution is -2.49. The van der Waals surface area contributed by atoms with Crippen molar-refractivity contribution in [3.63, 3.8) is 0 Å². The van der Waals surface area contributed by atoms with Gasteiger partial charge >= 0.3 is 0 Å². The van der Waals surface area contributed by atoms with E-state index in [2.05, 4.69) is 6.58 Å². The first kappa shape index (κ1) is 20.8. The molecule has 1 unspecified atom stereocenters. The molecular formula is C17H36O3Si. The maximum atomic E-state index is 5.93. The number of hydrogen-bond acceptors (Lipinski definition) is 3. The Morgan fingerprint density at radius 1 is 0.952 bits per heavy atom. The predicted molar refractivity (Wildman–Crippen MR) is 93.9 cm³/mol. The fourth-order valence-corrected chi connectivity index (χ4v) is 3.68. The maximum Gasteiger partial charge on any atom is 0.166 e. The Morgan fingerprint density at radius 3 is 2.05 bits per heavy atom. The molecule has 0 aliphatic carbocycles. The van der Waals surface area contributed by atoms with Gasteiger partial charge in [0.2, 0.25) is 0 Å². The van der Waals surface area contributed by atoms with Gasteiger partial charge in [-0.15, -0.1) is 6.58 Å². The molecule has 0 heterocycles. The van der Waals surface area contributed by atoms with Gasteiger partial charge in [-0.05, 0) is 40.0 Å². The van der Waals surface area contributed by atoms with Crippen LogP contribution in [-0.4, -0.2) is 41.6 Å². The molecule has 1 atom stereocenters. The smallest absolute Gasteiger partial charge is 0.166 e. The van der Waals surface area contributed by atoms with Crippen LogP contribution in [0.15, 0.2) is 12.7 Å². The van der Waals surface area contributed by atoms with Crippen molar-refractivity contribution in [2.45, 2.75) is 77.2 Å². The highest BCUT2D eigenvalue weighted by atomic mass is 28.1. The summed E-state index contributed by atoms with van der Waals surface area (Å²) < 4.78 is 17.7. The Hall–Kier alpha value is -0.163. The molecular weight excluding hydrogens is 280 g/mol. The summed E-state index contributed by atoms with van der Waals surface area (Å²) in [6.07, 6.45) is 10.5. The average Bonchev–Trinajstić information content (AvgIpc) is 2.45. The zero-order valence-corrected chi connectivity index (χ0v) is 16.7. The molecule has 0 radical (unpaired) electrons. The minimum Gasteiger partial charge on any atom is -0.373 e. The molecule has 126 valence electrons. The van der Waals surface area contributed by atoms with Gasteiger partial charge in [-0.25, -0.2) is 0 Å². The average molecular weight is 317 g/mol.